The van der Waals surface area contributed by atoms with Crippen LogP contribution in [0.4, 0.5) is 0 Å². The largest absolute Gasteiger partial charge is 0.462 e. The predicted molar refractivity (Wildman–Crippen MR) is 130 cm³/mol. The maximum absolute atomic E-state index is 11.9. The topological polar surface area (TPSA) is 46.5 Å². The lowest BCUT2D eigenvalue weighted by Crippen LogP contribution is -2.63. The van der Waals surface area contributed by atoms with Crippen LogP contribution in [0.3, 0.4) is 0 Å². The highest BCUT2D eigenvalue weighted by molar-refractivity contribution is 5.66. The van der Waals surface area contributed by atoms with Crippen molar-refractivity contribution in [2.45, 2.75) is 130 Å². The van der Waals surface area contributed by atoms with E-state index in [2.05, 4.69) is 34.6 Å². The second-order valence-electron chi connectivity index (χ2n) is 13.4. The van der Waals surface area contributed by atoms with Crippen molar-refractivity contribution in [3.05, 3.63) is 0 Å². The van der Waals surface area contributed by atoms with Crippen molar-refractivity contribution < 1.29 is 14.6 Å². The number of carbonyl (C=O) groups is 1. The number of carbonyl (C=O) groups excluding carboxylic acids is 1. The van der Waals surface area contributed by atoms with Gasteiger partial charge in [0.1, 0.15) is 6.10 Å². The molecule has 3 heteroatoms. The lowest BCUT2D eigenvalue weighted by molar-refractivity contribution is -0.224. The average molecular weight is 447 g/mol. The molecule has 4 rings (SSSR count). The lowest BCUT2D eigenvalue weighted by Gasteiger charge is -2.64. The number of fused-ring (bicyclic) bond motifs is 5. The van der Waals surface area contributed by atoms with E-state index in [4.69, 9.17) is 4.74 Å². The number of hydrogen-bond donors (Lipinski definition) is 1. The Balaban J connectivity index is 1.47. The van der Waals surface area contributed by atoms with Gasteiger partial charge in [-0.2, -0.15) is 0 Å². The average Bonchev–Trinajstić information content (AvgIpc) is 3.05. The van der Waals surface area contributed by atoms with Gasteiger partial charge in [-0.15, -0.1) is 0 Å². The van der Waals surface area contributed by atoms with Crippen molar-refractivity contribution in [2.75, 3.05) is 0 Å². The Kier molecular flexibility index (Phi) is 6.83. The monoisotopic (exact) mass is 446 g/mol. The summed E-state index contributed by atoms with van der Waals surface area (Å²) < 4.78 is 5.56. The summed E-state index contributed by atoms with van der Waals surface area (Å²) in [5.41, 5.74) is -0.184. The van der Waals surface area contributed by atoms with E-state index in [9.17, 15) is 9.90 Å². The van der Waals surface area contributed by atoms with Gasteiger partial charge < -0.3 is 9.84 Å². The first-order chi connectivity index (χ1) is 15.0. The van der Waals surface area contributed by atoms with Crippen molar-refractivity contribution >= 4 is 5.97 Å². The molecule has 184 valence electrons. The molecule has 0 aromatic heterocycles. The van der Waals surface area contributed by atoms with Gasteiger partial charge in [-0.05, 0) is 97.7 Å². The van der Waals surface area contributed by atoms with Crippen LogP contribution >= 0.6 is 0 Å². The molecule has 0 spiro atoms. The molecule has 9 atom stereocenters. The van der Waals surface area contributed by atoms with E-state index in [1.54, 1.807) is 0 Å². The quantitative estimate of drug-likeness (QED) is 0.440. The van der Waals surface area contributed by atoms with Crippen LogP contribution in [0.5, 0.6) is 0 Å². The van der Waals surface area contributed by atoms with Crippen molar-refractivity contribution in [2.24, 2.45) is 46.3 Å². The first-order valence-corrected chi connectivity index (χ1v) is 13.9. The molecule has 0 heterocycles. The van der Waals surface area contributed by atoms with Gasteiger partial charge in [0.2, 0.25) is 0 Å². The Hall–Kier alpha value is -0.570. The zero-order chi connectivity index (χ0) is 23.3. The van der Waals surface area contributed by atoms with Crippen LogP contribution in [-0.2, 0) is 9.53 Å². The van der Waals surface area contributed by atoms with Crippen LogP contribution in [-0.4, -0.2) is 22.8 Å². The fourth-order valence-electron chi connectivity index (χ4n) is 9.57. The summed E-state index contributed by atoms with van der Waals surface area (Å²) in [4.78, 5) is 11.5. The molecule has 32 heavy (non-hydrogen) atoms. The summed E-state index contributed by atoms with van der Waals surface area (Å²) >= 11 is 0. The summed E-state index contributed by atoms with van der Waals surface area (Å²) in [6, 6.07) is 0. The van der Waals surface area contributed by atoms with E-state index in [-0.39, 0.29) is 17.5 Å². The molecular formula is C29H50O3. The molecule has 4 aliphatic carbocycles. The summed E-state index contributed by atoms with van der Waals surface area (Å²) in [6.07, 6.45) is 14.1. The van der Waals surface area contributed by atoms with Crippen molar-refractivity contribution in [3.63, 3.8) is 0 Å². The van der Waals surface area contributed by atoms with Gasteiger partial charge in [0.25, 0.3) is 0 Å². The third-order valence-corrected chi connectivity index (χ3v) is 11.3. The standard InChI is InChI=1S/C29H50O3/c1-19(2)8-7-9-20(3)24-10-11-25-23-13-17-29(31)18-22(32-21(4)30)12-16-28(29,6)26(23)14-15-27(24,25)5/h19-20,22-26,31H,7-18H2,1-6H3/t20?,22?,23?,24?,25?,26?,27?,28?,29-/m1/s1. The SMILES string of the molecule is CC(=O)OC1CCC2(C)C3CCC4(C)C(C(C)CCCC(C)C)CCC4C3CC[C@@]2(O)C1. The molecule has 0 aliphatic heterocycles. The van der Waals surface area contributed by atoms with Gasteiger partial charge in [-0.1, -0.05) is 53.9 Å². The van der Waals surface area contributed by atoms with Crippen LogP contribution in [0, 0.1) is 46.3 Å². The van der Waals surface area contributed by atoms with Crippen LogP contribution in [0.15, 0.2) is 0 Å². The summed E-state index contributed by atoms with van der Waals surface area (Å²) in [5, 5.41) is 11.9. The number of esters is 1. The van der Waals surface area contributed by atoms with Gasteiger partial charge in [0.05, 0.1) is 5.60 Å². The Bertz CT molecular complexity index is 688. The number of rotatable bonds is 6. The van der Waals surface area contributed by atoms with Crippen LogP contribution in [0.1, 0.15) is 119 Å². The molecule has 8 unspecified atom stereocenters. The highest BCUT2D eigenvalue weighted by atomic mass is 16.5. The van der Waals surface area contributed by atoms with Crippen molar-refractivity contribution in [1.29, 1.82) is 0 Å². The van der Waals surface area contributed by atoms with Gasteiger partial charge in [-0.3, -0.25) is 4.79 Å². The minimum atomic E-state index is -0.664. The molecule has 1 N–H and O–H groups in total. The molecule has 0 bridgehead atoms. The minimum absolute atomic E-state index is 0.0190. The molecule has 0 radical (unpaired) electrons. The maximum Gasteiger partial charge on any atom is 0.302 e. The van der Waals surface area contributed by atoms with Gasteiger partial charge >= 0.3 is 5.97 Å². The van der Waals surface area contributed by atoms with Crippen molar-refractivity contribution in [3.8, 4) is 0 Å². The third-order valence-electron chi connectivity index (χ3n) is 11.3. The first-order valence-electron chi connectivity index (χ1n) is 13.9. The lowest BCUT2D eigenvalue weighted by atomic mass is 9.43. The fraction of sp³-hybridized carbons (Fsp3) is 0.966. The molecule has 3 nitrogen and oxygen atoms in total. The molecule has 4 saturated carbocycles. The van der Waals surface area contributed by atoms with E-state index in [0.29, 0.717) is 17.8 Å². The van der Waals surface area contributed by atoms with Gasteiger partial charge in [0, 0.05) is 13.3 Å². The molecule has 4 aliphatic rings. The van der Waals surface area contributed by atoms with Crippen LogP contribution < -0.4 is 0 Å². The van der Waals surface area contributed by atoms with Crippen LogP contribution in [0.2, 0.25) is 0 Å². The zero-order valence-corrected chi connectivity index (χ0v) is 21.8. The van der Waals surface area contributed by atoms with E-state index in [1.807, 2.05) is 0 Å². The normalized spacial score (nSPS) is 46.8. The van der Waals surface area contributed by atoms with E-state index in [0.717, 1.165) is 55.3 Å². The highest BCUT2D eigenvalue weighted by Crippen LogP contribution is 2.69. The summed E-state index contributed by atoms with van der Waals surface area (Å²) in [6.45, 7) is 13.8. The van der Waals surface area contributed by atoms with E-state index >= 15 is 0 Å². The van der Waals surface area contributed by atoms with E-state index < -0.39 is 5.60 Å². The Morgan fingerprint density at radius 3 is 2.41 bits per heavy atom. The maximum atomic E-state index is 11.9. The van der Waals surface area contributed by atoms with E-state index in [1.165, 1.54) is 51.9 Å². The number of ether oxygens (including phenoxy) is 1. The van der Waals surface area contributed by atoms with Crippen molar-refractivity contribution in [1.82, 2.24) is 0 Å². The molecule has 4 fully saturated rings. The Morgan fingerprint density at radius 1 is 0.969 bits per heavy atom. The summed E-state index contributed by atoms with van der Waals surface area (Å²) in [5.74, 6) is 4.59. The molecule has 0 saturated heterocycles. The minimum Gasteiger partial charge on any atom is -0.462 e. The molecule has 0 aromatic carbocycles. The third kappa shape index (κ3) is 4.07. The molecule has 0 amide bonds. The highest BCUT2D eigenvalue weighted by Gasteiger charge is 2.64. The zero-order valence-electron chi connectivity index (χ0n) is 21.8. The second kappa shape index (κ2) is 8.90. The Morgan fingerprint density at radius 2 is 1.72 bits per heavy atom. The molecule has 0 aromatic rings. The first kappa shape index (κ1) is 24.6. The van der Waals surface area contributed by atoms with Gasteiger partial charge in [-0.25, -0.2) is 0 Å². The second-order valence-corrected chi connectivity index (χ2v) is 13.4. The number of aliphatic hydroxyl groups is 1. The van der Waals surface area contributed by atoms with Crippen LogP contribution in [0.25, 0.3) is 0 Å². The summed E-state index contributed by atoms with van der Waals surface area (Å²) in [7, 11) is 0. The fourth-order valence-corrected chi connectivity index (χ4v) is 9.57. The molecular weight excluding hydrogens is 396 g/mol. The Labute approximate surface area is 197 Å². The van der Waals surface area contributed by atoms with Gasteiger partial charge in [0.15, 0.2) is 0 Å². The number of hydrogen-bond acceptors (Lipinski definition) is 3. The smallest absolute Gasteiger partial charge is 0.302 e. The predicted octanol–water partition coefficient (Wildman–Crippen LogP) is 7.15.